The van der Waals surface area contributed by atoms with Crippen LogP contribution in [0.3, 0.4) is 0 Å². The fraction of sp³-hybridized carbons (Fsp3) is 0.125. The Morgan fingerprint density at radius 1 is 0.958 bits per heavy atom. The number of amides is 1. The standard InChI is InChI=1S/C16H12F3NO4/c17-10-2-1-3-12(6-10)23-9-16(22)24-8-15(21)20-11-4-5-13(18)14(19)7-11/h1-7H,8-9H2,(H,20,21). The van der Waals surface area contributed by atoms with Gasteiger partial charge in [-0.3, -0.25) is 4.79 Å². The van der Waals surface area contributed by atoms with Gasteiger partial charge in [0.25, 0.3) is 5.91 Å². The van der Waals surface area contributed by atoms with E-state index in [0.717, 1.165) is 24.3 Å². The molecule has 1 amide bonds. The number of esters is 1. The normalized spacial score (nSPS) is 10.1. The van der Waals surface area contributed by atoms with E-state index in [2.05, 4.69) is 10.1 Å². The van der Waals surface area contributed by atoms with Gasteiger partial charge < -0.3 is 14.8 Å². The molecule has 5 nitrogen and oxygen atoms in total. The van der Waals surface area contributed by atoms with Crippen molar-refractivity contribution >= 4 is 17.6 Å². The molecule has 0 saturated carbocycles. The summed E-state index contributed by atoms with van der Waals surface area (Å²) in [4.78, 5) is 23.0. The first kappa shape index (κ1) is 17.3. The molecular formula is C16H12F3NO4. The summed E-state index contributed by atoms with van der Waals surface area (Å²) in [7, 11) is 0. The number of ether oxygens (including phenoxy) is 2. The molecule has 2 aromatic carbocycles. The number of carbonyl (C=O) groups excluding carboxylic acids is 2. The van der Waals surface area contributed by atoms with Crippen LogP contribution in [0.5, 0.6) is 5.75 Å². The molecule has 0 saturated heterocycles. The maximum Gasteiger partial charge on any atom is 0.344 e. The fourth-order valence-corrected chi connectivity index (χ4v) is 1.66. The third-order valence-corrected chi connectivity index (χ3v) is 2.72. The van der Waals surface area contributed by atoms with Crippen molar-refractivity contribution in [2.24, 2.45) is 0 Å². The van der Waals surface area contributed by atoms with Crippen LogP contribution in [-0.2, 0) is 14.3 Å². The van der Waals surface area contributed by atoms with Crippen LogP contribution < -0.4 is 10.1 Å². The molecule has 0 aromatic heterocycles. The van der Waals surface area contributed by atoms with Gasteiger partial charge in [-0.15, -0.1) is 0 Å². The van der Waals surface area contributed by atoms with E-state index in [-0.39, 0.29) is 11.4 Å². The molecule has 8 heteroatoms. The van der Waals surface area contributed by atoms with Gasteiger partial charge in [0.1, 0.15) is 11.6 Å². The lowest BCUT2D eigenvalue weighted by molar-refractivity contribution is -0.149. The lowest BCUT2D eigenvalue weighted by Crippen LogP contribution is -2.23. The third kappa shape index (κ3) is 5.31. The molecule has 0 atom stereocenters. The quantitative estimate of drug-likeness (QED) is 0.822. The molecule has 0 fully saturated rings. The van der Waals surface area contributed by atoms with Crippen LogP contribution in [0.4, 0.5) is 18.9 Å². The summed E-state index contributed by atoms with van der Waals surface area (Å²) < 4.78 is 48.3. The highest BCUT2D eigenvalue weighted by molar-refractivity contribution is 5.92. The molecule has 0 bridgehead atoms. The van der Waals surface area contributed by atoms with E-state index in [0.29, 0.717) is 0 Å². The smallest absolute Gasteiger partial charge is 0.344 e. The molecule has 0 spiro atoms. The summed E-state index contributed by atoms with van der Waals surface area (Å²) in [6.45, 7) is -1.15. The van der Waals surface area contributed by atoms with E-state index in [1.165, 1.54) is 18.2 Å². The van der Waals surface area contributed by atoms with E-state index in [1.54, 1.807) is 0 Å². The molecule has 24 heavy (non-hydrogen) atoms. The Labute approximate surface area is 135 Å². The van der Waals surface area contributed by atoms with Crippen LogP contribution in [0.15, 0.2) is 42.5 Å². The number of benzene rings is 2. The second-order valence-electron chi connectivity index (χ2n) is 4.58. The number of carbonyl (C=O) groups is 2. The zero-order valence-corrected chi connectivity index (χ0v) is 12.2. The van der Waals surface area contributed by atoms with Gasteiger partial charge in [0.15, 0.2) is 24.8 Å². The Hall–Kier alpha value is -3.03. The van der Waals surface area contributed by atoms with Gasteiger partial charge in [-0.05, 0) is 24.3 Å². The average molecular weight is 339 g/mol. The van der Waals surface area contributed by atoms with Crippen molar-refractivity contribution in [3.8, 4) is 5.75 Å². The van der Waals surface area contributed by atoms with E-state index in [9.17, 15) is 22.8 Å². The molecule has 0 heterocycles. The minimum atomic E-state index is -1.12. The zero-order valence-electron chi connectivity index (χ0n) is 12.2. The van der Waals surface area contributed by atoms with Crippen LogP contribution in [-0.4, -0.2) is 25.1 Å². The van der Waals surface area contributed by atoms with Gasteiger partial charge in [0.2, 0.25) is 0 Å². The largest absolute Gasteiger partial charge is 0.482 e. The van der Waals surface area contributed by atoms with E-state index in [1.807, 2.05) is 0 Å². The van der Waals surface area contributed by atoms with Crippen LogP contribution in [0.2, 0.25) is 0 Å². The number of anilines is 1. The predicted octanol–water partition coefficient (Wildman–Crippen LogP) is 2.66. The number of nitrogens with one attached hydrogen (secondary N) is 1. The summed E-state index contributed by atoms with van der Waals surface area (Å²) in [5.74, 6) is -4.13. The van der Waals surface area contributed by atoms with Gasteiger partial charge >= 0.3 is 5.97 Å². The van der Waals surface area contributed by atoms with Crippen LogP contribution in [0.25, 0.3) is 0 Å². The molecule has 0 radical (unpaired) electrons. The summed E-state index contributed by atoms with van der Waals surface area (Å²) in [6, 6.07) is 7.96. The Morgan fingerprint density at radius 3 is 2.46 bits per heavy atom. The molecular weight excluding hydrogens is 327 g/mol. The first-order chi connectivity index (χ1) is 11.4. The van der Waals surface area contributed by atoms with Crippen LogP contribution in [0, 0.1) is 17.5 Å². The number of rotatable bonds is 6. The first-order valence-electron chi connectivity index (χ1n) is 6.73. The maximum absolute atomic E-state index is 13.0. The number of hydrogen-bond donors (Lipinski definition) is 1. The van der Waals surface area contributed by atoms with Crippen molar-refractivity contribution in [1.82, 2.24) is 0 Å². The van der Waals surface area contributed by atoms with Crippen molar-refractivity contribution in [2.75, 3.05) is 18.5 Å². The summed E-state index contributed by atoms with van der Waals surface area (Å²) in [5, 5.41) is 2.23. The molecule has 1 N–H and O–H groups in total. The highest BCUT2D eigenvalue weighted by atomic mass is 19.2. The van der Waals surface area contributed by atoms with Crippen LogP contribution >= 0.6 is 0 Å². The lowest BCUT2D eigenvalue weighted by atomic mass is 10.3. The number of halogens is 3. The van der Waals surface area contributed by atoms with E-state index >= 15 is 0 Å². The van der Waals surface area contributed by atoms with Crippen molar-refractivity contribution in [2.45, 2.75) is 0 Å². The summed E-state index contributed by atoms with van der Waals surface area (Å²) in [5.41, 5.74) is 0.0194. The van der Waals surface area contributed by atoms with Crippen molar-refractivity contribution in [1.29, 1.82) is 0 Å². The molecule has 2 rings (SSSR count). The number of hydrogen-bond acceptors (Lipinski definition) is 4. The van der Waals surface area contributed by atoms with Gasteiger partial charge in [0.05, 0.1) is 0 Å². The molecule has 0 aliphatic carbocycles. The van der Waals surface area contributed by atoms with Gasteiger partial charge in [-0.25, -0.2) is 18.0 Å². The fourth-order valence-electron chi connectivity index (χ4n) is 1.66. The maximum atomic E-state index is 13.0. The van der Waals surface area contributed by atoms with Crippen molar-refractivity contribution < 1.29 is 32.2 Å². The highest BCUT2D eigenvalue weighted by Gasteiger charge is 2.10. The zero-order chi connectivity index (χ0) is 17.5. The summed E-state index contributed by atoms with van der Waals surface area (Å²) >= 11 is 0. The minimum Gasteiger partial charge on any atom is -0.482 e. The third-order valence-electron chi connectivity index (χ3n) is 2.72. The molecule has 126 valence electrons. The van der Waals surface area contributed by atoms with Crippen molar-refractivity contribution in [3.05, 3.63) is 59.9 Å². The SMILES string of the molecule is O=C(COC(=O)COc1cccc(F)c1)Nc1ccc(F)c(F)c1. The predicted molar refractivity (Wildman–Crippen MR) is 77.8 cm³/mol. The Balaban J connectivity index is 1.74. The Kier molecular flexibility index (Phi) is 5.78. The first-order valence-corrected chi connectivity index (χ1v) is 6.73. The second kappa shape index (κ2) is 8.00. The molecule has 0 aliphatic heterocycles. The lowest BCUT2D eigenvalue weighted by Gasteiger charge is -2.08. The Morgan fingerprint density at radius 2 is 1.75 bits per heavy atom. The highest BCUT2D eigenvalue weighted by Crippen LogP contribution is 2.13. The summed E-state index contributed by atoms with van der Waals surface area (Å²) in [6.07, 6.45) is 0. The van der Waals surface area contributed by atoms with Gasteiger partial charge in [0, 0.05) is 17.8 Å². The molecule has 2 aromatic rings. The van der Waals surface area contributed by atoms with Gasteiger partial charge in [-0.2, -0.15) is 0 Å². The van der Waals surface area contributed by atoms with Crippen LogP contribution in [0.1, 0.15) is 0 Å². The van der Waals surface area contributed by atoms with E-state index in [4.69, 9.17) is 4.74 Å². The Bertz CT molecular complexity index is 752. The second-order valence-corrected chi connectivity index (χ2v) is 4.58. The topological polar surface area (TPSA) is 64.6 Å². The van der Waals surface area contributed by atoms with Gasteiger partial charge in [-0.1, -0.05) is 6.07 Å². The minimum absolute atomic E-state index is 0.0194. The average Bonchev–Trinajstić information content (AvgIpc) is 2.54. The van der Waals surface area contributed by atoms with E-state index < -0.39 is 42.5 Å². The molecule has 0 aliphatic rings. The monoisotopic (exact) mass is 339 g/mol. The molecule has 0 unspecified atom stereocenters. The van der Waals surface area contributed by atoms with Crippen molar-refractivity contribution in [3.63, 3.8) is 0 Å².